The summed E-state index contributed by atoms with van der Waals surface area (Å²) in [5.74, 6) is -1.96. The Morgan fingerprint density at radius 1 is 0.947 bits per heavy atom. The van der Waals surface area contributed by atoms with E-state index in [1.165, 1.54) is 0 Å². The summed E-state index contributed by atoms with van der Waals surface area (Å²) >= 11 is 0. The van der Waals surface area contributed by atoms with Crippen LogP contribution in [0.5, 0.6) is 0 Å². The zero-order chi connectivity index (χ0) is 14.1. The second-order valence-electron chi connectivity index (χ2n) is 3.98. The standard InChI is InChI=1S/C13H16N2O4/c16-11(7-4-8-13(18)19)14-15-12(17)9-10-5-2-1-3-6-10/h1-3,5-6H,4,7-9H2,(H,14,16)(H,15,17)(H,18,19)/p-1. The van der Waals surface area contributed by atoms with Crippen molar-refractivity contribution in [3.05, 3.63) is 35.9 Å². The van der Waals surface area contributed by atoms with E-state index in [0.29, 0.717) is 0 Å². The molecule has 102 valence electrons. The predicted molar refractivity (Wildman–Crippen MR) is 65.3 cm³/mol. The molecule has 0 saturated carbocycles. The SMILES string of the molecule is O=C([O-])CCCC(=O)NNC(=O)Cc1ccccc1. The summed E-state index contributed by atoms with van der Waals surface area (Å²) in [5, 5.41) is 10.1. The van der Waals surface area contributed by atoms with Gasteiger partial charge >= 0.3 is 0 Å². The zero-order valence-corrected chi connectivity index (χ0v) is 10.3. The quantitative estimate of drug-likeness (QED) is 0.663. The van der Waals surface area contributed by atoms with Crippen LogP contribution >= 0.6 is 0 Å². The molecule has 0 bridgehead atoms. The molecule has 0 radical (unpaired) electrons. The summed E-state index contributed by atoms with van der Waals surface area (Å²) in [5.41, 5.74) is 5.33. The smallest absolute Gasteiger partial charge is 0.242 e. The highest BCUT2D eigenvalue weighted by atomic mass is 16.4. The number of carbonyl (C=O) groups is 3. The Morgan fingerprint density at radius 2 is 1.58 bits per heavy atom. The third kappa shape index (κ3) is 6.82. The molecule has 0 atom stereocenters. The van der Waals surface area contributed by atoms with Gasteiger partial charge in [-0.15, -0.1) is 0 Å². The Bertz CT molecular complexity index is 445. The minimum Gasteiger partial charge on any atom is -0.550 e. The van der Waals surface area contributed by atoms with Crippen molar-refractivity contribution < 1.29 is 19.5 Å². The van der Waals surface area contributed by atoms with Gasteiger partial charge in [0, 0.05) is 12.4 Å². The van der Waals surface area contributed by atoms with Crippen LogP contribution in [0.1, 0.15) is 24.8 Å². The van der Waals surface area contributed by atoms with Gasteiger partial charge < -0.3 is 9.90 Å². The Balaban J connectivity index is 2.19. The lowest BCUT2D eigenvalue weighted by Gasteiger charge is -2.07. The van der Waals surface area contributed by atoms with Gasteiger partial charge in [0.1, 0.15) is 0 Å². The van der Waals surface area contributed by atoms with E-state index in [9.17, 15) is 19.5 Å². The van der Waals surface area contributed by atoms with Crippen molar-refractivity contribution in [2.24, 2.45) is 0 Å². The van der Waals surface area contributed by atoms with Crippen molar-refractivity contribution >= 4 is 17.8 Å². The van der Waals surface area contributed by atoms with Gasteiger partial charge in [0.05, 0.1) is 6.42 Å². The third-order valence-corrected chi connectivity index (χ3v) is 2.33. The summed E-state index contributed by atoms with van der Waals surface area (Å²) < 4.78 is 0. The van der Waals surface area contributed by atoms with Crippen LogP contribution < -0.4 is 16.0 Å². The lowest BCUT2D eigenvalue weighted by Crippen LogP contribution is -2.42. The summed E-state index contributed by atoms with van der Waals surface area (Å²) in [6.07, 6.45) is 0.202. The van der Waals surface area contributed by atoms with Crippen molar-refractivity contribution in [3.8, 4) is 0 Å². The summed E-state index contributed by atoms with van der Waals surface area (Å²) in [6, 6.07) is 9.10. The minimum atomic E-state index is -1.19. The number of carbonyl (C=O) groups excluding carboxylic acids is 3. The van der Waals surface area contributed by atoms with Gasteiger partial charge in [0.2, 0.25) is 11.8 Å². The second-order valence-corrected chi connectivity index (χ2v) is 3.98. The van der Waals surface area contributed by atoms with Gasteiger partial charge in [-0.2, -0.15) is 0 Å². The number of amides is 2. The Morgan fingerprint density at radius 3 is 2.21 bits per heavy atom. The van der Waals surface area contributed by atoms with Gasteiger partial charge in [-0.05, 0) is 18.4 Å². The molecule has 1 aromatic rings. The molecule has 1 rings (SSSR count). The van der Waals surface area contributed by atoms with Crippen LogP contribution in [-0.4, -0.2) is 17.8 Å². The number of hydrogen-bond acceptors (Lipinski definition) is 4. The third-order valence-electron chi connectivity index (χ3n) is 2.33. The lowest BCUT2D eigenvalue weighted by molar-refractivity contribution is -0.305. The lowest BCUT2D eigenvalue weighted by atomic mass is 10.1. The van der Waals surface area contributed by atoms with E-state index in [1.54, 1.807) is 12.1 Å². The Hall–Kier alpha value is -2.37. The molecule has 0 aliphatic carbocycles. The molecule has 0 unspecified atom stereocenters. The Kier molecular flexibility index (Phi) is 6.08. The summed E-state index contributed by atoms with van der Waals surface area (Å²) in [4.78, 5) is 32.8. The molecule has 0 aliphatic heterocycles. The highest BCUT2D eigenvalue weighted by molar-refractivity contribution is 5.83. The van der Waals surface area contributed by atoms with Crippen LogP contribution in [0.15, 0.2) is 30.3 Å². The molecule has 0 aliphatic rings. The first-order chi connectivity index (χ1) is 9.08. The fraction of sp³-hybridized carbons (Fsp3) is 0.308. The largest absolute Gasteiger partial charge is 0.550 e. The average Bonchev–Trinajstić information content (AvgIpc) is 2.37. The minimum absolute atomic E-state index is 0.0274. The molecule has 6 nitrogen and oxygen atoms in total. The molecule has 0 aromatic heterocycles. The molecule has 0 heterocycles. The molecular formula is C13H15N2O4-. The van der Waals surface area contributed by atoms with Crippen molar-refractivity contribution in [1.29, 1.82) is 0 Å². The first-order valence-electron chi connectivity index (χ1n) is 5.89. The topological polar surface area (TPSA) is 98.3 Å². The molecule has 0 spiro atoms. The maximum absolute atomic E-state index is 11.5. The van der Waals surface area contributed by atoms with Crippen molar-refractivity contribution in [3.63, 3.8) is 0 Å². The van der Waals surface area contributed by atoms with E-state index < -0.39 is 11.9 Å². The van der Waals surface area contributed by atoms with Crippen LogP contribution in [-0.2, 0) is 20.8 Å². The van der Waals surface area contributed by atoms with Crippen LogP contribution in [0, 0.1) is 0 Å². The van der Waals surface area contributed by atoms with Crippen LogP contribution in [0.25, 0.3) is 0 Å². The van der Waals surface area contributed by atoms with Gasteiger partial charge in [-0.1, -0.05) is 30.3 Å². The first-order valence-corrected chi connectivity index (χ1v) is 5.89. The highest BCUT2D eigenvalue weighted by Crippen LogP contribution is 1.98. The maximum atomic E-state index is 11.5. The van der Waals surface area contributed by atoms with E-state index >= 15 is 0 Å². The average molecular weight is 263 g/mol. The normalized spacial score (nSPS) is 9.68. The number of benzene rings is 1. The van der Waals surface area contributed by atoms with Gasteiger partial charge in [0.15, 0.2) is 0 Å². The van der Waals surface area contributed by atoms with Crippen LogP contribution in [0.2, 0.25) is 0 Å². The predicted octanol–water partition coefficient (Wildman–Crippen LogP) is -0.703. The van der Waals surface area contributed by atoms with E-state index in [1.807, 2.05) is 18.2 Å². The molecule has 0 saturated heterocycles. The van der Waals surface area contributed by atoms with E-state index in [-0.39, 0.29) is 31.6 Å². The van der Waals surface area contributed by atoms with Crippen LogP contribution in [0.4, 0.5) is 0 Å². The Labute approximate surface area is 110 Å². The molecule has 19 heavy (non-hydrogen) atoms. The number of rotatable bonds is 6. The van der Waals surface area contributed by atoms with Gasteiger partial charge in [-0.3, -0.25) is 20.4 Å². The molecule has 6 heteroatoms. The number of aliphatic carboxylic acids is 1. The number of hydrogen-bond donors (Lipinski definition) is 2. The molecule has 0 fully saturated rings. The van der Waals surface area contributed by atoms with E-state index in [0.717, 1.165) is 5.56 Å². The summed E-state index contributed by atoms with van der Waals surface area (Å²) in [7, 11) is 0. The van der Waals surface area contributed by atoms with E-state index in [4.69, 9.17) is 0 Å². The number of nitrogens with one attached hydrogen (secondary N) is 2. The van der Waals surface area contributed by atoms with Gasteiger partial charge in [0.25, 0.3) is 0 Å². The monoisotopic (exact) mass is 263 g/mol. The molecular weight excluding hydrogens is 248 g/mol. The fourth-order valence-corrected chi connectivity index (χ4v) is 1.42. The molecule has 2 amide bonds. The van der Waals surface area contributed by atoms with Crippen LogP contribution in [0.3, 0.4) is 0 Å². The molecule has 2 N–H and O–H groups in total. The number of hydrazine groups is 1. The second kappa shape index (κ2) is 7.86. The number of carboxylic acid groups (broad SMARTS) is 1. The van der Waals surface area contributed by atoms with Crippen molar-refractivity contribution in [1.82, 2.24) is 10.9 Å². The first kappa shape index (κ1) is 14.7. The summed E-state index contributed by atoms with van der Waals surface area (Å²) in [6.45, 7) is 0. The highest BCUT2D eigenvalue weighted by Gasteiger charge is 2.05. The zero-order valence-electron chi connectivity index (χ0n) is 10.3. The number of carboxylic acids is 1. The van der Waals surface area contributed by atoms with Crippen molar-refractivity contribution in [2.45, 2.75) is 25.7 Å². The maximum Gasteiger partial charge on any atom is 0.242 e. The van der Waals surface area contributed by atoms with Crippen molar-refractivity contribution in [2.75, 3.05) is 0 Å². The molecule has 1 aromatic carbocycles. The van der Waals surface area contributed by atoms with Gasteiger partial charge in [-0.25, -0.2) is 0 Å². The van der Waals surface area contributed by atoms with E-state index in [2.05, 4.69) is 10.9 Å². The fourth-order valence-electron chi connectivity index (χ4n) is 1.42.